The van der Waals surface area contributed by atoms with Crippen molar-refractivity contribution < 1.29 is 18.7 Å². The summed E-state index contributed by atoms with van der Waals surface area (Å²) in [7, 11) is 0. The largest absolute Gasteiger partial charge is 0.451 e. The molecule has 1 aliphatic carbocycles. The lowest BCUT2D eigenvalue weighted by Crippen LogP contribution is -2.50. The van der Waals surface area contributed by atoms with Gasteiger partial charge in [0.2, 0.25) is 0 Å². The van der Waals surface area contributed by atoms with Crippen molar-refractivity contribution in [1.82, 2.24) is 4.90 Å². The van der Waals surface area contributed by atoms with E-state index in [9.17, 15) is 14.0 Å². The van der Waals surface area contributed by atoms with E-state index < -0.39 is 5.97 Å². The fraction of sp³-hybridized carbons (Fsp3) is 0.500. The van der Waals surface area contributed by atoms with Gasteiger partial charge in [0.15, 0.2) is 6.61 Å². The van der Waals surface area contributed by atoms with Crippen LogP contribution in [0.5, 0.6) is 0 Å². The van der Waals surface area contributed by atoms with Crippen molar-refractivity contribution >= 4 is 33.3 Å². The van der Waals surface area contributed by atoms with Gasteiger partial charge in [-0.05, 0) is 61.3 Å². The van der Waals surface area contributed by atoms with Crippen LogP contribution in [0.3, 0.4) is 0 Å². The van der Waals surface area contributed by atoms with E-state index in [0.29, 0.717) is 22.2 Å². The predicted molar refractivity (Wildman–Crippen MR) is 98.8 cm³/mol. The smallest absolute Gasteiger partial charge is 0.348 e. The quantitative estimate of drug-likeness (QED) is 0.748. The van der Waals surface area contributed by atoms with E-state index >= 15 is 0 Å². The molecule has 4 nitrogen and oxygen atoms in total. The molecule has 2 heterocycles. The van der Waals surface area contributed by atoms with Crippen LogP contribution in [-0.4, -0.2) is 36.0 Å². The van der Waals surface area contributed by atoms with Crippen LogP contribution in [0.4, 0.5) is 4.39 Å². The molecule has 6 heteroatoms. The molecule has 0 N–H and O–H groups in total. The topological polar surface area (TPSA) is 46.6 Å². The van der Waals surface area contributed by atoms with Crippen molar-refractivity contribution in [2.24, 2.45) is 5.92 Å². The number of carbonyl (C=O) groups excluding carboxylic acids is 2. The Morgan fingerprint density at radius 1 is 1.15 bits per heavy atom. The molecule has 4 rings (SSSR count). The molecule has 0 unspecified atom stereocenters. The van der Waals surface area contributed by atoms with E-state index in [1.807, 2.05) is 4.90 Å². The first-order chi connectivity index (χ1) is 12.6. The zero-order chi connectivity index (χ0) is 18.1. The van der Waals surface area contributed by atoms with Crippen molar-refractivity contribution in [3.63, 3.8) is 0 Å². The highest BCUT2D eigenvalue weighted by atomic mass is 32.1. The number of likely N-dealkylation sites (tertiary alicyclic amines) is 1. The van der Waals surface area contributed by atoms with Crippen LogP contribution >= 0.6 is 11.3 Å². The van der Waals surface area contributed by atoms with Gasteiger partial charge in [0.1, 0.15) is 10.7 Å². The van der Waals surface area contributed by atoms with Crippen LogP contribution in [0.15, 0.2) is 24.3 Å². The first kappa shape index (κ1) is 17.5. The molecule has 1 saturated heterocycles. The fourth-order valence-electron chi connectivity index (χ4n) is 4.33. The van der Waals surface area contributed by atoms with E-state index in [4.69, 9.17) is 4.74 Å². The lowest BCUT2D eigenvalue weighted by molar-refractivity contribution is -0.140. The van der Waals surface area contributed by atoms with Gasteiger partial charge in [-0.1, -0.05) is 12.8 Å². The summed E-state index contributed by atoms with van der Waals surface area (Å²) in [6.45, 7) is 0.546. The summed E-state index contributed by atoms with van der Waals surface area (Å²) in [6.07, 6.45) is 6.92. The average molecular weight is 375 g/mol. The number of piperidine rings is 1. The number of thiophene rings is 1. The monoisotopic (exact) mass is 375 g/mol. The number of carbonyl (C=O) groups is 2. The lowest BCUT2D eigenvalue weighted by Gasteiger charge is -2.44. The molecule has 1 saturated carbocycles. The van der Waals surface area contributed by atoms with Gasteiger partial charge in [-0.15, -0.1) is 11.3 Å². The Bertz CT molecular complexity index is 832. The van der Waals surface area contributed by atoms with Crippen molar-refractivity contribution in [2.75, 3.05) is 13.2 Å². The number of rotatable bonds is 3. The summed E-state index contributed by atoms with van der Waals surface area (Å²) in [5, 5.41) is 0.675. The molecule has 1 aliphatic heterocycles. The summed E-state index contributed by atoms with van der Waals surface area (Å²) in [5.74, 6) is -0.341. The summed E-state index contributed by atoms with van der Waals surface area (Å²) < 4.78 is 19.4. The van der Waals surface area contributed by atoms with Crippen LogP contribution in [0, 0.1) is 11.7 Å². The number of esters is 1. The maximum atomic E-state index is 13.3. The minimum Gasteiger partial charge on any atom is -0.451 e. The highest BCUT2D eigenvalue weighted by Crippen LogP contribution is 2.35. The van der Waals surface area contributed by atoms with Gasteiger partial charge in [0.05, 0.1) is 0 Å². The highest BCUT2D eigenvalue weighted by Gasteiger charge is 2.35. The third kappa shape index (κ3) is 3.47. The summed E-state index contributed by atoms with van der Waals surface area (Å²) in [5.41, 5.74) is 0. The zero-order valence-electron chi connectivity index (χ0n) is 14.6. The molecule has 26 heavy (non-hydrogen) atoms. The molecular formula is C20H22FNO3S. The number of nitrogens with zero attached hydrogens (tertiary/aromatic N) is 1. The number of hydrogen-bond acceptors (Lipinski definition) is 4. The fourth-order valence-corrected chi connectivity index (χ4v) is 5.27. The first-order valence-electron chi connectivity index (χ1n) is 9.27. The molecular weight excluding hydrogens is 353 g/mol. The van der Waals surface area contributed by atoms with Gasteiger partial charge >= 0.3 is 5.97 Å². The van der Waals surface area contributed by atoms with Crippen molar-refractivity contribution in [1.29, 1.82) is 0 Å². The molecule has 0 radical (unpaired) electrons. The van der Waals surface area contributed by atoms with Gasteiger partial charge in [-0.2, -0.15) is 0 Å². The molecule has 1 aromatic carbocycles. The van der Waals surface area contributed by atoms with Crippen molar-refractivity contribution in [3.8, 4) is 0 Å². The molecule has 2 aliphatic rings. The minimum atomic E-state index is -0.517. The highest BCUT2D eigenvalue weighted by molar-refractivity contribution is 7.20. The molecule has 0 spiro atoms. The van der Waals surface area contributed by atoms with Crippen molar-refractivity contribution in [3.05, 3.63) is 35.0 Å². The van der Waals surface area contributed by atoms with E-state index in [2.05, 4.69) is 0 Å². The Kier molecular flexibility index (Phi) is 4.94. The molecule has 0 bridgehead atoms. The molecule has 138 valence electrons. The molecule has 2 fully saturated rings. The van der Waals surface area contributed by atoms with Gasteiger partial charge in [-0.3, -0.25) is 4.79 Å². The number of fused-ring (bicyclic) bond motifs is 2. The van der Waals surface area contributed by atoms with Crippen LogP contribution < -0.4 is 0 Å². The summed E-state index contributed by atoms with van der Waals surface area (Å²) in [6, 6.07) is 6.34. The van der Waals surface area contributed by atoms with Crippen LogP contribution in [0.1, 0.15) is 48.2 Å². The first-order valence-corrected chi connectivity index (χ1v) is 10.1. The zero-order valence-corrected chi connectivity index (χ0v) is 15.4. The Hall–Kier alpha value is -1.95. The van der Waals surface area contributed by atoms with Gasteiger partial charge < -0.3 is 9.64 Å². The lowest BCUT2D eigenvalue weighted by atomic mass is 9.78. The van der Waals surface area contributed by atoms with Gasteiger partial charge in [0, 0.05) is 17.3 Å². The van der Waals surface area contributed by atoms with E-state index in [1.165, 1.54) is 49.2 Å². The predicted octanol–water partition coefficient (Wildman–Crippen LogP) is 4.38. The maximum absolute atomic E-state index is 13.3. The Labute approximate surface area is 155 Å². The summed E-state index contributed by atoms with van der Waals surface area (Å²) >= 11 is 1.25. The summed E-state index contributed by atoms with van der Waals surface area (Å²) in [4.78, 5) is 27.2. The maximum Gasteiger partial charge on any atom is 0.348 e. The second-order valence-electron chi connectivity index (χ2n) is 7.21. The third-order valence-electron chi connectivity index (χ3n) is 5.57. The standard InChI is InChI=1S/C20H22FNO3S/c21-15-7-8-17-14(10-15)11-18(26-17)20(24)25-12-19(23)22-9-3-5-13-4-1-2-6-16(13)22/h7-8,10-11,13,16H,1-6,9,12H2/t13-,16-/m0/s1. The molecule has 1 aromatic heterocycles. The van der Waals surface area contributed by atoms with Crippen LogP contribution in [0.25, 0.3) is 10.1 Å². The van der Waals surface area contributed by atoms with Crippen LogP contribution in [0.2, 0.25) is 0 Å². The van der Waals surface area contributed by atoms with Crippen LogP contribution in [-0.2, 0) is 9.53 Å². The van der Waals surface area contributed by atoms with Gasteiger partial charge in [-0.25, -0.2) is 9.18 Å². The second kappa shape index (κ2) is 7.35. The number of halogens is 1. The number of hydrogen-bond donors (Lipinski definition) is 0. The Morgan fingerprint density at radius 3 is 2.85 bits per heavy atom. The van der Waals surface area contributed by atoms with E-state index in [1.54, 1.807) is 12.1 Å². The third-order valence-corrected chi connectivity index (χ3v) is 6.67. The Morgan fingerprint density at radius 2 is 1.96 bits per heavy atom. The molecule has 2 aromatic rings. The number of benzene rings is 1. The minimum absolute atomic E-state index is 0.0953. The molecule has 1 amide bonds. The average Bonchev–Trinajstić information content (AvgIpc) is 3.08. The number of ether oxygens (including phenoxy) is 1. The molecule has 2 atom stereocenters. The second-order valence-corrected chi connectivity index (χ2v) is 8.29. The SMILES string of the molecule is O=C(OCC(=O)N1CCC[C@@H]2CCCC[C@@H]21)c1cc2cc(F)ccc2s1. The van der Waals surface area contributed by atoms with E-state index in [-0.39, 0.29) is 18.3 Å². The Balaban J connectivity index is 1.39. The van der Waals surface area contributed by atoms with E-state index in [0.717, 1.165) is 24.1 Å². The number of amides is 1. The van der Waals surface area contributed by atoms with Crippen molar-refractivity contribution in [2.45, 2.75) is 44.6 Å². The van der Waals surface area contributed by atoms with Gasteiger partial charge in [0.25, 0.3) is 5.91 Å². The normalized spacial score (nSPS) is 22.9.